The molecular formula is C14H21N3O2. The first-order valence-corrected chi connectivity index (χ1v) is 6.61. The van der Waals surface area contributed by atoms with Crippen LogP contribution in [0.1, 0.15) is 24.5 Å². The molecule has 2 atom stereocenters. The number of nitrogens with one attached hydrogen (secondary N) is 1. The molecule has 1 aromatic carbocycles. The van der Waals surface area contributed by atoms with Crippen molar-refractivity contribution < 1.29 is 4.92 Å². The van der Waals surface area contributed by atoms with Crippen LogP contribution in [-0.4, -0.2) is 35.5 Å². The van der Waals surface area contributed by atoms with E-state index >= 15 is 0 Å². The number of nitro benzene ring substituents is 1. The molecule has 5 heteroatoms. The number of hydrogen-bond donors (Lipinski definition) is 1. The van der Waals surface area contributed by atoms with Crippen LogP contribution >= 0.6 is 0 Å². The normalized spacial score (nSPS) is 23.6. The molecule has 0 saturated carbocycles. The molecule has 0 spiro atoms. The second kappa shape index (κ2) is 5.17. The van der Waals surface area contributed by atoms with Gasteiger partial charge in [0, 0.05) is 35.9 Å². The van der Waals surface area contributed by atoms with E-state index in [9.17, 15) is 10.1 Å². The predicted molar refractivity (Wildman–Crippen MR) is 76.7 cm³/mol. The zero-order valence-corrected chi connectivity index (χ0v) is 11.9. The van der Waals surface area contributed by atoms with Crippen molar-refractivity contribution in [2.24, 2.45) is 0 Å². The Morgan fingerprint density at radius 2 is 2.05 bits per heavy atom. The van der Waals surface area contributed by atoms with E-state index in [-0.39, 0.29) is 10.6 Å². The molecule has 2 unspecified atom stereocenters. The van der Waals surface area contributed by atoms with Crippen molar-refractivity contribution in [3.63, 3.8) is 0 Å². The minimum Gasteiger partial charge on any atom is -0.381 e. The van der Waals surface area contributed by atoms with Gasteiger partial charge >= 0.3 is 0 Å². The summed E-state index contributed by atoms with van der Waals surface area (Å²) in [7, 11) is 2.13. The first-order valence-electron chi connectivity index (χ1n) is 6.61. The molecule has 0 bridgehead atoms. The van der Waals surface area contributed by atoms with Gasteiger partial charge in [0.25, 0.3) is 5.69 Å². The zero-order chi connectivity index (χ0) is 14.2. The highest BCUT2D eigenvalue weighted by atomic mass is 16.6. The summed E-state index contributed by atoms with van der Waals surface area (Å²) in [5.41, 5.74) is 2.84. The monoisotopic (exact) mass is 263 g/mol. The van der Waals surface area contributed by atoms with Crippen LogP contribution in [0.2, 0.25) is 0 Å². The molecule has 1 aliphatic heterocycles. The quantitative estimate of drug-likeness (QED) is 0.673. The standard InChI is InChI=1S/C14H21N3O2/c1-9-6-14(17(18)19)10(2)5-13(9)15-12-7-11(3)16(4)8-12/h5-6,11-12,15H,7-8H2,1-4H3. The Balaban J connectivity index is 2.18. The lowest BCUT2D eigenvalue weighted by atomic mass is 10.1. The number of nitro groups is 1. The molecule has 1 N–H and O–H groups in total. The van der Waals surface area contributed by atoms with Gasteiger partial charge in [-0.05, 0) is 45.9 Å². The summed E-state index contributed by atoms with van der Waals surface area (Å²) >= 11 is 0. The second-order valence-corrected chi connectivity index (χ2v) is 5.58. The Morgan fingerprint density at radius 1 is 1.37 bits per heavy atom. The van der Waals surface area contributed by atoms with Gasteiger partial charge in [-0.1, -0.05) is 0 Å². The Hall–Kier alpha value is -1.62. The maximum Gasteiger partial charge on any atom is 0.272 e. The molecule has 0 aliphatic carbocycles. The van der Waals surface area contributed by atoms with Crippen LogP contribution in [0, 0.1) is 24.0 Å². The summed E-state index contributed by atoms with van der Waals surface area (Å²) in [5, 5.41) is 14.4. The fourth-order valence-corrected chi connectivity index (χ4v) is 2.67. The smallest absolute Gasteiger partial charge is 0.272 e. The molecule has 1 aliphatic rings. The Kier molecular flexibility index (Phi) is 3.75. The number of aryl methyl sites for hydroxylation is 2. The van der Waals surface area contributed by atoms with Crippen molar-refractivity contribution in [1.29, 1.82) is 0 Å². The minimum atomic E-state index is -0.322. The summed E-state index contributed by atoms with van der Waals surface area (Å²) in [6.45, 7) is 6.93. The summed E-state index contributed by atoms with van der Waals surface area (Å²) < 4.78 is 0. The highest BCUT2D eigenvalue weighted by Crippen LogP contribution is 2.28. The molecule has 0 amide bonds. The molecule has 1 heterocycles. The largest absolute Gasteiger partial charge is 0.381 e. The van der Waals surface area contributed by atoms with Gasteiger partial charge in [0.15, 0.2) is 0 Å². The zero-order valence-electron chi connectivity index (χ0n) is 11.9. The molecular weight excluding hydrogens is 242 g/mol. The number of likely N-dealkylation sites (N-methyl/N-ethyl adjacent to an activating group) is 1. The highest BCUT2D eigenvalue weighted by Gasteiger charge is 2.26. The predicted octanol–water partition coefficient (Wildman–Crippen LogP) is 2.72. The van der Waals surface area contributed by atoms with Crippen molar-refractivity contribution in [2.75, 3.05) is 18.9 Å². The van der Waals surface area contributed by atoms with Gasteiger partial charge in [0.2, 0.25) is 0 Å². The fourth-order valence-electron chi connectivity index (χ4n) is 2.67. The number of benzene rings is 1. The van der Waals surface area contributed by atoms with E-state index in [1.807, 2.05) is 13.0 Å². The SMILES string of the molecule is Cc1cc([N+](=O)[O-])c(C)cc1NC1CC(C)N(C)C1. The van der Waals surface area contributed by atoms with Crippen LogP contribution in [0.3, 0.4) is 0 Å². The maximum absolute atomic E-state index is 10.9. The minimum absolute atomic E-state index is 0.194. The molecule has 1 aromatic rings. The van der Waals surface area contributed by atoms with E-state index in [4.69, 9.17) is 0 Å². The molecule has 2 rings (SSSR count). The van der Waals surface area contributed by atoms with E-state index in [0.29, 0.717) is 17.6 Å². The average Bonchev–Trinajstić information content (AvgIpc) is 2.62. The lowest BCUT2D eigenvalue weighted by Crippen LogP contribution is -2.25. The average molecular weight is 263 g/mol. The molecule has 0 radical (unpaired) electrons. The third-order valence-electron chi connectivity index (χ3n) is 3.99. The molecule has 104 valence electrons. The molecule has 19 heavy (non-hydrogen) atoms. The highest BCUT2D eigenvalue weighted by molar-refractivity contribution is 5.59. The topological polar surface area (TPSA) is 58.4 Å². The van der Waals surface area contributed by atoms with Crippen LogP contribution < -0.4 is 5.32 Å². The first-order chi connectivity index (χ1) is 8.88. The third kappa shape index (κ3) is 2.87. The van der Waals surface area contributed by atoms with Gasteiger partial charge in [-0.25, -0.2) is 0 Å². The van der Waals surface area contributed by atoms with Crippen LogP contribution in [-0.2, 0) is 0 Å². The van der Waals surface area contributed by atoms with Gasteiger partial charge in [0.05, 0.1) is 4.92 Å². The van der Waals surface area contributed by atoms with Crippen molar-refractivity contribution in [1.82, 2.24) is 4.90 Å². The fraction of sp³-hybridized carbons (Fsp3) is 0.571. The van der Waals surface area contributed by atoms with E-state index in [0.717, 1.165) is 24.2 Å². The summed E-state index contributed by atoms with van der Waals surface area (Å²) in [6, 6.07) is 4.53. The van der Waals surface area contributed by atoms with Gasteiger partial charge < -0.3 is 10.2 Å². The van der Waals surface area contributed by atoms with Gasteiger partial charge in [-0.15, -0.1) is 0 Å². The molecule has 0 aromatic heterocycles. The summed E-state index contributed by atoms with van der Waals surface area (Å²) in [4.78, 5) is 12.9. The van der Waals surface area contributed by atoms with E-state index in [2.05, 4.69) is 24.2 Å². The van der Waals surface area contributed by atoms with E-state index in [1.165, 1.54) is 0 Å². The van der Waals surface area contributed by atoms with Crippen molar-refractivity contribution >= 4 is 11.4 Å². The maximum atomic E-state index is 10.9. The first kappa shape index (κ1) is 13.8. The molecule has 1 fully saturated rings. The molecule has 1 saturated heterocycles. The number of anilines is 1. The number of nitrogens with zero attached hydrogens (tertiary/aromatic N) is 2. The summed E-state index contributed by atoms with van der Waals surface area (Å²) in [5.74, 6) is 0. The van der Waals surface area contributed by atoms with Gasteiger partial charge in [-0.2, -0.15) is 0 Å². The Labute approximate surface area is 113 Å². The second-order valence-electron chi connectivity index (χ2n) is 5.58. The third-order valence-corrected chi connectivity index (χ3v) is 3.99. The van der Waals surface area contributed by atoms with Crippen molar-refractivity contribution in [3.05, 3.63) is 33.4 Å². The van der Waals surface area contributed by atoms with E-state index < -0.39 is 0 Å². The molecule has 5 nitrogen and oxygen atoms in total. The van der Waals surface area contributed by atoms with Crippen molar-refractivity contribution in [3.8, 4) is 0 Å². The Morgan fingerprint density at radius 3 is 2.58 bits per heavy atom. The summed E-state index contributed by atoms with van der Waals surface area (Å²) in [6.07, 6.45) is 1.10. The Bertz CT molecular complexity index is 492. The van der Waals surface area contributed by atoms with Crippen molar-refractivity contribution in [2.45, 2.75) is 39.3 Å². The van der Waals surface area contributed by atoms with Gasteiger partial charge in [-0.3, -0.25) is 10.1 Å². The van der Waals surface area contributed by atoms with Crippen LogP contribution in [0.25, 0.3) is 0 Å². The van der Waals surface area contributed by atoms with E-state index in [1.54, 1.807) is 13.0 Å². The van der Waals surface area contributed by atoms with Crippen LogP contribution in [0.15, 0.2) is 12.1 Å². The number of likely N-dealkylation sites (tertiary alicyclic amines) is 1. The van der Waals surface area contributed by atoms with Crippen LogP contribution in [0.4, 0.5) is 11.4 Å². The number of hydrogen-bond acceptors (Lipinski definition) is 4. The van der Waals surface area contributed by atoms with Crippen LogP contribution in [0.5, 0.6) is 0 Å². The van der Waals surface area contributed by atoms with Gasteiger partial charge in [0.1, 0.15) is 0 Å². The lowest BCUT2D eigenvalue weighted by molar-refractivity contribution is -0.385. The lowest BCUT2D eigenvalue weighted by Gasteiger charge is -2.16. The number of rotatable bonds is 3.